The third kappa shape index (κ3) is 2.92. The van der Waals surface area contributed by atoms with Gasteiger partial charge in [-0.25, -0.2) is 4.98 Å². The lowest BCUT2D eigenvalue weighted by Crippen LogP contribution is -2.13. The maximum absolute atomic E-state index is 6.23. The van der Waals surface area contributed by atoms with Gasteiger partial charge in [0, 0.05) is 25.8 Å². The molecule has 0 aliphatic rings. The Kier molecular flexibility index (Phi) is 4.57. The Morgan fingerprint density at radius 3 is 2.60 bits per heavy atom. The maximum atomic E-state index is 6.23. The number of ether oxygens (including phenoxy) is 1. The Labute approximate surface area is 128 Å². The molecule has 0 aliphatic carbocycles. The first kappa shape index (κ1) is 14.8. The summed E-state index contributed by atoms with van der Waals surface area (Å²) in [7, 11) is 5.28. The minimum atomic E-state index is 0.485. The van der Waals surface area contributed by atoms with Gasteiger partial charge >= 0.3 is 0 Å². The number of anilines is 3. The zero-order valence-corrected chi connectivity index (χ0v) is 13.0. The lowest BCUT2D eigenvalue weighted by atomic mass is 10.2. The summed E-state index contributed by atoms with van der Waals surface area (Å²) in [5.41, 5.74) is 0.920. The molecule has 0 aliphatic heterocycles. The maximum Gasteiger partial charge on any atom is 0.154 e. The minimum absolute atomic E-state index is 0.485. The molecule has 0 unspecified atom stereocenters. The highest BCUT2D eigenvalue weighted by atomic mass is 35.5. The van der Waals surface area contributed by atoms with Crippen LogP contribution in [0.5, 0.6) is 5.75 Å². The molecule has 2 rings (SSSR count). The molecule has 1 aromatic carbocycles. The van der Waals surface area contributed by atoms with Crippen molar-refractivity contribution >= 4 is 40.5 Å². The molecular formula is C14H15Cl2N3O. The fourth-order valence-corrected chi connectivity index (χ4v) is 2.39. The van der Waals surface area contributed by atoms with Gasteiger partial charge in [0.2, 0.25) is 0 Å². The van der Waals surface area contributed by atoms with Crippen LogP contribution >= 0.6 is 23.2 Å². The molecule has 0 atom stereocenters. The Hall–Kier alpha value is -1.65. The van der Waals surface area contributed by atoms with E-state index in [9.17, 15) is 0 Å². The molecule has 1 N–H and O–H groups in total. The smallest absolute Gasteiger partial charge is 0.154 e. The van der Waals surface area contributed by atoms with E-state index in [2.05, 4.69) is 10.3 Å². The lowest BCUT2D eigenvalue weighted by Gasteiger charge is -2.21. The number of benzene rings is 1. The Morgan fingerprint density at radius 2 is 1.95 bits per heavy atom. The molecule has 0 fully saturated rings. The fourth-order valence-electron chi connectivity index (χ4n) is 1.81. The molecule has 0 spiro atoms. The first-order valence-electron chi connectivity index (χ1n) is 5.98. The van der Waals surface area contributed by atoms with Gasteiger partial charge in [0.1, 0.15) is 11.6 Å². The van der Waals surface area contributed by atoms with Crippen molar-refractivity contribution in [3.8, 4) is 5.75 Å². The average molecular weight is 312 g/mol. The van der Waals surface area contributed by atoms with Gasteiger partial charge in [-0.3, -0.25) is 0 Å². The summed E-state index contributed by atoms with van der Waals surface area (Å²) >= 11 is 12.3. The Morgan fingerprint density at radius 1 is 1.20 bits per heavy atom. The molecule has 0 saturated heterocycles. The zero-order valence-electron chi connectivity index (χ0n) is 11.4. The van der Waals surface area contributed by atoms with Crippen LogP contribution in [0.15, 0.2) is 30.3 Å². The summed E-state index contributed by atoms with van der Waals surface area (Å²) in [6.07, 6.45) is 0. The second-order valence-electron chi connectivity index (χ2n) is 4.13. The van der Waals surface area contributed by atoms with Gasteiger partial charge in [0.25, 0.3) is 0 Å². The van der Waals surface area contributed by atoms with Gasteiger partial charge < -0.3 is 15.0 Å². The highest BCUT2D eigenvalue weighted by molar-refractivity contribution is 6.37. The van der Waals surface area contributed by atoms with E-state index >= 15 is 0 Å². The van der Waals surface area contributed by atoms with Crippen LogP contribution in [-0.4, -0.2) is 26.2 Å². The van der Waals surface area contributed by atoms with Crippen LogP contribution in [0.3, 0.4) is 0 Å². The predicted molar refractivity (Wildman–Crippen MR) is 84.9 cm³/mol. The van der Waals surface area contributed by atoms with Crippen molar-refractivity contribution in [3.63, 3.8) is 0 Å². The summed E-state index contributed by atoms with van der Waals surface area (Å²) in [5.74, 6) is 1.97. The summed E-state index contributed by atoms with van der Waals surface area (Å²) < 4.78 is 5.22. The first-order chi connectivity index (χ1) is 9.56. The van der Waals surface area contributed by atoms with Crippen molar-refractivity contribution in [2.24, 2.45) is 0 Å². The zero-order chi connectivity index (χ0) is 14.7. The summed E-state index contributed by atoms with van der Waals surface area (Å²) in [6.45, 7) is 0. The van der Waals surface area contributed by atoms with Gasteiger partial charge in [0.05, 0.1) is 17.2 Å². The molecule has 6 heteroatoms. The molecule has 0 amide bonds. The second-order valence-corrected chi connectivity index (χ2v) is 4.95. The average Bonchev–Trinajstić information content (AvgIpc) is 2.47. The highest BCUT2D eigenvalue weighted by Gasteiger charge is 2.14. The number of rotatable bonds is 4. The molecule has 0 bridgehead atoms. The molecule has 0 saturated carbocycles. The number of hydrogen-bond acceptors (Lipinski definition) is 4. The monoisotopic (exact) mass is 311 g/mol. The van der Waals surface area contributed by atoms with Crippen molar-refractivity contribution in [1.29, 1.82) is 0 Å². The second kappa shape index (κ2) is 6.20. The van der Waals surface area contributed by atoms with E-state index in [4.69, 9.17) is 27.9 Å². The van der Waals surface area contributed by atoms with E-state index in [0.29, 0.717) is 21.7 Å². The van der Waals surface area contributed by atoms with Crippen LogP contribution in [0.2, 0.25) is 10.0 Å². The van der Waals surface area contributed by atoms with E-state index in [1.807, 2.05) is 36.2 Å². The highest BCUT2D eigenvalue weighted by Crippen LogP contribution is 2.34. The lowest BCUT2D eigenvalue weighted by molar-refractivity contribution is 0.415. The molecule has 0 radical (unpaired) electrons. The Bertz CT molecular complexity index is 619. The summed E-state index contributed by atoms with van der Waals surface area (Å²) in [5, 5.41) is 3.91. The van der Waals surface area contributed by atoms with E-state index in [1.54, 1.807) is 20.2 Å². The fraction of sp³-hybridized carbons (Fsp3) is 0.214. The molecular weight excluding hydrogens is 297 g/mol. The van der Waals surface area contributed by atoms with Gasteiger partial charge in [0.15, 0.2) is 5.82 Å². The molecule has 1 aromatic heterocycles. The number of pyridine rings is 1. The summed E-state index contributed by atoms with van der Waals surface area (Å²) in [6, 6.07) is 9.33. The molecule has 106 valence electrons. The van der Waals surface area contributed by atoms with Gasteiger partial charge in [-0.2, -0.15) is 0 Å². The number of methoxy groups -OCH3 is 1. The quantitative estimate of drug-likeness (QED) is 0.918. The standard InChI is InChI=1S/C14H15Cl2N3O/c1-17-13-11(15)8-12(16)14(18-13)19(2)9-5-4-6-10(7-9)20-3/h4-8H,1-3H3,(H,17,18). The van der Waals surface area contributed by atoms with Crippen molar-refractivity contribution in [1.82, 2.24) is 4.98 Å². The number of nitrogens with one attached hydrogen (secondary N) is 1. The molecule has 1 heterocycles. The van der Waals surface area contributed by atoms with E-state index < -0.39 is 0 Å². The van der Waals surface area contributed by atoms with Crippen LogP contribution in [0.4, 0.5) is 17.3 Å². The van der Waals surface area contributed by atoms with Gasteiger partial charge in [-0.1, -0.05) is 29.3 Å². The number of hydrogen-bond donors (Lipinski definition) is 1. The number of nitrogens with zero attached hydrogens (tertiary/aromatic N) is 2. The van der Waals surface area contributed by atoms with Crippen molar-refractivity contribution in [3.05, 3.63) is 40.4 Å². The van der Waals surface area contributed by atoms with Crippen LogP contribution in [0.25, 0.3) is 0 Å². The third-order valence-electron chi connectivity index (χ3n) is 2.91. The van der Waals surface area contributed by atoms with Crippen molar-refractivity contribution < 1.29 is 4.74 Å². The third-order valence-corrected chi connectivity index (χ3v) is 3.47. The number of halogens is 2. The predicted octanol–water partition coefficient (Wildman–Crippen LogP) is 4.21. The molecule has 4 nitrogen and oxygen atoms in total. The minimum Gasteiger partial charge on any atom is -0.497 e. The van der Waals surface area contributed by atoms with Gasteiger partial charge in [-0.15, -0.1) is 0 Å². The van der Waals surface area contributed by atoms with Crippen molar-refractivity contribution in [2.75, 3.05) is 31.4 Å². The molecule has 20 heavy (non-hydrogen) atoms. The topological polar surface area (TPSA) is 37.4 Å². The van der Waals surface area contributed by atoms with Gasteiger partial charge in [-0.05, 0) is 18.2 Å². The number of aromatic nitrogens is 1. The van der Waals surface area contributed by atoms with Crippen LogP contribution in [0, 0.1) is 0 Å². The first-order valence-corrected chi connectivity index (χ1v) is 6.74. The van der Waals surface area contributed by atoms with E-state index in [-0.39, 0.29) is 0 Å². The molecule has 2 aromatic rings. The van der Waals surface area contributed by atoms with Crippen LogP contribution < -0.4 is 15.0 Å². The normalized spacial score (nSPS) is 10.2. The van der Waals surface area contributed by atoms with Crippen LogP contribution in [0.1, 0.15) is 0 Å². The van der Waals surface area contributed by atoms with Crippen LogP contribution in [-0.2, 0) is 0 Å². The largest absolute Gasteiger partial charge is 0.497 e. The van der Waals surface area contributed by atoms with E-state index in [0.717, 1.165) is 11.4 Å². The summed E-state index contributed by atoms with van der Waals surface area (Å²) in [4.78, 5) is 6.31. The van der Waals surface area contributed by atoms with E-state index in [1.165, 1.54) is 0 Å². The Balaban J connectivity index is 2.44. The van der Waals surface area contributed by atoms with Crippen molar-refractivity contribution in [2.45, 2.75) is 0 Å². The SMILES string of the molecule is CNc1nc(N(C)c2cccc(OC)c2)c(Cl)cc1Cl.